The maximum absolute atomic E-state index is 12.8. The highest BCUT2D eigenvalue weighted by molar-refractivity contribution is 6.03. The minimum Gasteiger partial charge on any atom is -0.396 e. The summed E-state index contributed by atoms with van der Waals surface area (Å²) >= 11 is 0. The molecule has 21 heavy (non-hydrogen) atoms. The van der Waals surface area contributed by atoms with Crippen molar-refractivity contribution in [3.63, 3.8) is 0 Å². The first-order valence-electron chi connectivity index (χ1n) is 7.42. The van der Waals surface area contributed by atoms with Gasteiger partial charge in [-0.25, -0.2) is 9.97 Å². The second kappa shape index (κ2) is 4.53. The maximum Gasteiger partial charge on any atom is 0.273 e. The number of hydrogen-bond acceptors (Lipinski definition) is 4. The van der Waals surface area contributed by atoms with Gasteiger partial charge in [0.1, 0.15) is 17.7 Å². The molecule has 2 fully saturated rings. The fourth-order valence-corrected chi connectivity index (χ4v) is 4.02. The lowest BCUT2D eigenvalue weighted by molar-refractivity contribution is 0.0731. The van der Waals surface area contributed by atoms with Gasteiger partial charge in [0.05, 0.1) is 12.0 Å². The van der Waals surface area contributed by atoms with E-state index in [1.165, 1.54) is 6.33 Å². The molecule has 1 saturated carbocycles. The molecule has 0 bridgehead atoms. The topological polar surface area (TPSA) is 82.1 Å². The van der Waals surface area contributed by atoms with E-state index >= 15 is 0 Å². The van der Waals surface area contributed by atoms with Gasteiger partial charge in [-0.1, -0.05) is 6.42 Å². The number of nitrogens with one attached hydrogen (secondary N) is 1. The molecule has 2 aromatic heterocycles. The predicted octanol–water partition coefficient (Wildman–Crippen LogP) is 1.19. The first kappa shape index (κ1) is 12.8. The van der Waals surface area contributed by atoms with E-state index in [1.807, 2.05) is 11.0 Å². The Hall–Kier alpha value is -1.95. The van der Waals surface area contributed by atoms with Crippen molar-refractivity contribution in [3.05, 3.63) is 24.3 Å². The van der Waals surface area contributed by atoms with Crippen molar-refractivity contribution in [1.29, 1.82) is 0 Å². The van der Waals surface area contributed by atoms with Gasteiger partial charge in [-0.05, 0) is 24.8 Å². The van der Waals surface area contributed by atoms with Crippen LogP contribution in [-0.4, -0.2) is 50.6 Å². The molecular formula is C15H18N4O2. The Morgan fingerprint density at radius 1 is 1.52 bits per heavy atom. The van der Waals surface area contributed by atoms with Crippen LogP contribution < -0.4 is 0 Å². The van der Waals surface area contributed by atoms with Gasteiger partial charge >= 0.3 is 0 Å². The first-order valence-corrected chi connectivity index (χ1v) is 7.42. The summed E-state index contributed by atoms with van der Waals surface area (Å²) in [5, 5.41) is 10.5. The van der Waals surface area contributed by atoms with Gasteiger partial charge in [-0.3, -0.25) is 4.79 Å². The molecule has 1 aliphatic carbocycles. The van der Waals surface area contributed by atoms with Gasteiger partial charge in [-0.2, -0.15) is 0 Å². The van der Waals surface area contributed by atoms with Crippen molar-refractivity contribution in [2.24, 2.45) is 11.3 Å². The molecule has 4 rings (SSSR count). The highest BCUT2D eigenvalue weighted by Gasteiger charge is 2.50. The number of carbonyl (C=O) groups excluding carboxylic acids is 1. The number of likely N-dealkylation sites (tertiary alicyclic amines) is 1. The van der Waals surface area contributed by atoms with E-state index in [4.69, 9.17) is 0 Å². The van der Waals surface area contributed by atoms with Gasteiger partial charge < -0.3 is 15.0 Å². The molecule has 2 aliphatic rings. The maximum atomic E-state index is 12.8. The summed E-state index contributed by atoms with van der Waals surface area (Å²) in [5.41, 5.74) is 1.05. The van der Waals surface area contributed by atoms with Crippen LogP contribution in [0.1, 0.15) is 29.8 Å². The van der Waals surface area contributed by atoms with E-state index in [0.29, 0.717) is 23.8 Å². The van der Waals surface area contributed by atoms with Crippen LogP contribution in [-0.2, 0) is 0 Å². The number of fused-ring (bicyclic) bond motifs is 2. The van der Waals surface area contributed by atoms with Crippen molar-refractivity contribution in [2.75, 3.05) is 19.7 Å². The molecule has 1 saturated heterocycles. The molecular weight excluding hydrogens is 268 g/mol. The van der Waals surface area contributed by atoms with Crippen LogP contribution in [0.25, 0.3) is 11.0 Å². The highest BCUT2D eigenvalue weighted by Crippen LogP contribution is 2.48. The van der Waals surface area contributed by atoms with Crippen LogP contribution in [0.2, 0.25) is 0 Å². The van der Waals surface area contributed by atoms with Crippen molar-refractivity contribution in [3.8, 4) is 0 Å². The zero-order valence-electron chi connectivity index (χ0n) is 11.7. The normalized spacial score (nSPS) is 28.2. The average molecular weight is 286 g/mol. The van der Waals surface area contributed by atoms with Crippen LogP contribution in [0.3, 0.4) is 0 Å². The zero-order chi connectivity index (χ0) is 14.4. The van der Waals surface area contributed by atoms with Crippen LogP contribution in [0.5, 0.6) is 0 Å². The molecule has 1 aliphatic heterocycles. The van der Waals surface area contributed by atoms with Crippen LogP contribution in [0.4, 0.5) is 0 Å². The number of H-pyrrole nitrogens is 1. The summed E-state index contributed by atoms with van der Waals surface area (Å²) in [6.45, 7) is 1.54. The Balaban J connectivity index is 1.66. The largest absolute Gasteiger partial charge is 0.396 e. The van der Waals surface area contributed by atoms with E-state index in [9.17, 15) is 9.90 Å². The van der Waals surface area contributed by atoms with Gasteiger partial charge in [0, 0.05) is 24.7 Å². The SMILES string of the molecule is O=C(c1ncnc2[nH]ccc12)N1C[C@@H]2CCC[C@]2(CO)C1. The lowest BCUT2D eigenvalue weighted by Crippen LogP contribution is -2.34. The number of aromatic nitrogens is 3. The third-order valence-corrected chi connectivity index (χ3v) is 5.20. The minimum atomic E-state index is -0.0834. The highest BCUT2D eigenvalue weighted by atomic mass is 16.3. The number of aliphatic hydroxyl groups excluding tert-OH is 1. The number of hydrogen-bond donors (Lipinski definition) is 2. The third kappa shape index (κ3) is 1.78. The van der Waals surface area contributed by atoms with Gasteiger partial charge in [0.25, 0.3) is 5.91 Å². The fraction of sp³-hybridized carbons (Fsp3) is 0.533. The lowest BCUT2D eigenvalue weighted by atomic mass is 9.82. The number of amides is 1. The number of carbonyl (C=O) groups is 1. The Morgan fingerprint density at radius 3 is 3.24 bits per heavy atom. The van der Waals surface area contributed by atoms with E-state index in [0.717, 1.165) is 31.2 Å². The Kier molecular flexibility index (Phi) is 2.75. The van der Waals surface area contributed by atoms with E-state index in [-0.39, 0.29) is 17.9 Å². The minimum absolute atomic E-state index is 0.0516. The van der Waals surface area contributed by atoms with E-state index < -0.39 is 0 Å². The molecule has 0 aromatic carbocycles. The van der Waals surface area contributed by atoms with Crippen LogP contribution >= 0.6 is 0 Å². The molecule has 0 spiro atoms. The van der Waals surface area contributed by atoms with Crippen LogP contribution in [0, 0.1) is 11.3 Å². The number of rotatable bonds is 2. The van der Waals surface area contributed by atoms with Crippen molar-refractivity contribution in [1.82, 2.24) is 19.9 Å². The second-order valence-corrected chi connectivity index (χ2v) is 6.26. The molecule has 2 N–H and O–H groups in total. The Morgan fingerprint density at radius 2 is 2.43 bits per heavy atom. The number of nitrogens with zero attached hydrogens (tertiary/aromatic N) is 3. The monoisotopic (exact) mass is 286 g/mol. The summed E-state index contributed by atoms with van der Waals surface area (Å²) in [5.74, 6) is 0.374. The molecule has 3 heterocycles. The third-order valence-electron chi connectivity index (χ3n) is 5.20. The van der Waals surface area contributed by atoms with Crippen molar-refractivity contribution in [2.45, 2.75) is 19.3 Å². The first-order chi connectivity index (χ1) is 10.2. The molecule has 110 valence electrons. The smallest absolute Gasteiger partial charge is 0.273 e. The fourth-order valence-electron chi connectivity index (χ4n) is 4.02. The standard InChI is InChI=1S/C15H18N4O2/c20-8-15-4-1-2-10(15)6-19(7-15)14(21)12-11-3-5-16-13(11)18-9-17-12/h3,5,9-10,20H,1-2,4,6-8H2,(H,16,17,18)/t10-,15+/m0/s1. The molecule has 0 unspecified atom stereocenters. The molecule has 6 heteroatoms. The number of aliphatic hydroxyl groups is 1. The summed E-state index contributed by atoms with van der Waals surface area (Å²) < 4.78 is 0. The van der Waals surface area contributed by atoms with Crippen LogP contribution in [0.15, 0.2) is 18.6 Å². The summed E-state index contributed by atoms with van der Waals surface area (Å²) in [7, 11) is 0. The summed E-state index contributed by atoms with van der Waals surface area (Å²) in [6.07, 6.45) is 6.46. The number of aromatic amines is 1. The molecule has 2 atom stereocenters. The Bertz CT molecular complexity index is 698. The zero-order valence-corrected chi connectivity index (χ0v) is 11.7. The molecule has 0 radical (unpaired) electrons. The second-order valence-electron chi connectivity index (χ2n) is 6.26. The summed E-state index contributed by atoms with van der Waals surface area (Å²) in [4.78, 5) is 25.9. The molecule has 2 aromatic rings. The molecule has 1 amide bonds. The Labute approximate surface area is 122 Å². The van der Waals surface area contributed by atoms with E-state index in [1.54, 1.807) is 6.20 Å². The van der Waals surface area contributed by atoms with E-state index in [2.05, 4.69) is 15.0 Å². The predicted molar refractivity (Wildman–Crippen MR) is 76.7 cm³/mol. The van der Waals surface area contributed by atoms with Crippen molar-refractivity contribution < 1.29 is 9.90 Å². The molecule has 6 nitrogen and oxygen atoms in total. The van der Waals surface area contributed by atoms with Crippen molar-refractivity contribution >= 4 is 16.9 Å². The lowest BCUT2D eigenvalue weighted by Gasteiger charge is -2.25. The van der Waals surface area contributed by atoms with Gasteiger partial charge in [0.15, 0.2) is 0 Å². The van der Waals surface area contributed by atoms with Gasteiger partial charge in [-0.15, -0.1) is 0 Å². The average Bonchev–Trinajstić information content (AvgIpc) is 3.18. The van der Waals surface area contributed by atoms with Gasteiger partial charge in [0.2, 0.25) is 0 Å². The summed E-state index contributed by atoms with van der Waals surface area (Å²) in [6, 6.07) is 1.83. The quantitative estimate of drug-likeness (QED) is 0.869.